The number of aliphatic hydroxyl groups is 1. The first kappa shape index (κ1) is 17.4. The molecule has 2 rings (SSSR count). The summed E-state index contributed by atoms with van der Waals surface area (Å²) in [6.45, 7) is 3.09. The summed E-state index contributed by atoms with van der Waals surface area (Å²) in [7, 11) is -3.68. The minimum absolute atomic E-state index is 0.0347. The summed E-state index contributed by atoms with van der Waals surface area (Å²) in [5.74, 6) is -0.580. The van der Waals surface area contributed by atoms with Crippen molar-refractivity contribution in [3.63, 3.8) is 0 Å². The second-order valence-electron chi connectivity index (χ2n) is 5.53. The fourth-order valence-corrected chi connectivity index (χ4v) is 3.40. The maximum Gasteiger partial charge on any atom is 0.237 e. The molecule has 124 valence electrons. The van der Waals surface area contributed by atoms with Crippen molar-refractivity contribution in [3.05, 3.63) is 65.5 Å². The molecule has 2 aromatic rings. The van der Waals surface area contributed by atoms with Gasteiger partial charge in [0.1, 0.15) is 5.82 Å². The lowest BCUT2D eigenvalue weighted by Gasteiger charge is -2.27. The van der Waals surface area contributed by atoms with Crippen molar-refractivity contribution in [1.82, 2.24) is 0 Å². The smallest absolute Gasteiger partial charge is 0.237 e. The van der Waals surface area contributed by atoms with Gasteiger partial charge in [0.15, 0.2) is 0 Å². The minimum Gasteiger partial charge on any atom is -0.392 e. The van der Waals surface area contributed by atoms with Gasteiger partial charge in [0.05, 0.1) is 24.1 Å². The van der Waals surface area contributed by atoms with Crippen LogP contribution in [0.2, 0.25) is 0 Å². The fourth-order valence-electron chi connectivity index (χ4n) is 2.14. The van der Waals surface area contributed by atoms with Gasteiger partial charge in [-0.3, -0.25) is 4.31 Å². The van der Waals surface area contributed by atoms with Crippen LogP contribution >= 0.6 is 0 Å². The normalized spacial score (nSPS) is 11.7. The van der Waals surface area contributed by atoms with E-state index in [1.165, 1.54) is 18.2 Å². The molecule has 0 aliphatic carbocycles. The lowest BCUT2D eigenvalue weighted by Crippen LogP contribution is -2.36. The fraction of sp³-hybridized carbons (Fsp3) is 0.294. The molecule has 0 unspecified atom stereocenters. The molecular formula is C17H20FNO3S. The number of aliphatic hydroxyl groups excluding tert-OH is 1. The number of benzene rings is 2. The molecule has 0 spiro atoms. The Morgan fingerprint density at radius 1 is 1.04 bits per heavy atom. The van der Waals surface area contributed by atoms with Crippen molar-refractivity contribution in [2.75, 3.05) is 4.31 Å². The van der Waals surface area contributed by atoms with Crippen LogP contribution in [0.25, 0.3) is 0 Å². The number of nitrogens with zero attached hydrogens (tertiary/aromatic N) is 1. The summed E-state index contributed by atoms with van der Waals surface area (Å²) >= 11 is 0. The Morgan fingerprint density at radius 2 is 1.61 bits per heavy atom. The monoisotopic (exact) mass is 337 g/mol. The first-order chi connectivity index (χ1) is 10.9. The molecule has 0 saturated heterocycles. The van der Waals surface area contributed by atoms with Gasteiger partial charge < -0.3 is 5.11 Å². The van der Waals surface area contributed by atoms with Gasteiger partial charge in [-0.1, -0.05) is 36.4 Å². The van der Waals surface area contributed by atoms with E-state index in [4.69, 9.17) is 5.11 Å². The Morgan fingerprint density at radius 3 is 2.13 bits per heavy atom. The molecule has 0 fully saturated rings. The van der Waals surface area contributed by atoms with E-state index < -0.39 is 21.1 Å². The van der Waals surface area contributed by atoms with Gasteiger partial charge >= 0.3 is 0 Å². The first-order valence-corrected chi connectivity index (χ1v) is 8.81. The van der Waals surface area contributed by atoms with Crippen molar-refractivity contribution >= 4 is 15.7 Å². The predicted molar refractivity (Wildman–Crippen MR) is 89.0 cm³/mol. The van der Waals surface area contributed by atoms with Gasteiger partial charge in [0.25, 0.3) is 0 Å². The number of halogens is 1. The van der Waals surface area contributed by atoms with Gasteiger partial charge in [0.2, 0.25) is 10.0 Å². The molecule has 0 aliphatic heterocycles. The van der Waals surface area contributed by atoms with E-state index in [0.29, 0.717) is 0 Å². The lowest BCUT2D eigenvalue weighted by atomic mass is 10.1. The number of sulfonamides is 1. The third-order valence-corrected chi connectivity index (χ3v) is 5.69. The SMILES string of the molecule is CC(C)S(=O)(=O)N(Cc1ccc(CO)cc1)c1ccccc1F. The second-order valence-corrected chi connectivity index (χ2v) is 7.94. The molecule has 23 heavy (non-hydrogen) atoms. The van der Waals surface area contributed by atoms with Crippen molar-refractivity contribution in [1.29, 1.82) is 0 Å². The zero-order valence-electron chi connectivity index (χ0n) is 13.1. The Kier molecular flexibility index (Phi) is 5.38. The maximum atomic E-state index is 14.1. The molecule has 0 saturated carbocycles. The third-order valence-electron chi connectivity index (χ3n) is 3.56. The molecule has 1 N–H and O–H groups in total. The maximum absolute atomic E-state index is 14.1. The molecule has 0 bridgehead atoms. The van der Waals surface area contributed by atoms with Gasteiger partial charge in [-0.15, -0.1) is 0 Å². The molecule has 0 aromatic heterocycles. The quantitative estimate of drug-likeness (QED) is 0.881. The van der Waals surface area contributed by atoms with Crippen LogP contribution in [0, 0.1) is 5.82 Å². The summed E-state index contributed by atoms with van der Waals surface area (Å²) in [5, 5.41) is 8.40. The summed E-state index contributed by atoms with van der Waals surface area (Å²) in [6, 6.07) is 12.7. The highest BCUT2D eigenvalue weighted by Crippen LogP contribution is 2.26. The van der Waals surface area contributed by atoms with Crippen LogP contribution in [0.4, 0.5) is 10.1 Å². The molecular weight excluding hydrogens is 317 g/mol. The second kappa shape index (κ2) is 7.10. The molecule has 0 aliphatic rings. The van der Waals surface area contributed by atoms with E-state index in [-0.39, 0.29) is 18.8 Å². The van der Waals surface area contributed by atoms with Crippen LogP contribution in [-0.2, 0) is 23.2 Å². The first-order valence-electron chi connectivity index (χ1n) is 7.31. The van der Waals surface area contributed by atoms with Crippen LogP contribution < -0.4 is 4.31 Å². The summed E-state index contributed by atoms with van der Waals surface area (Å²) in [5.41, 5.74) is 1.49. The highest BCUT2D eigenvalue weighted by atomic mass is 32.2. The van der Waals surface area contributed by atoms with E-state index in [0.717, 1.165) is 15.4 Å². The summed E-state index contributed by atoms with van der Waals surface area (Å²) in [6.07, 6.45) is 0. The molecule has 0 heterocycles. The summed E-state index contributed by atoms with van der Waals surface area (Å²) in [4.78, 5) is 0. The van der Waals surface area contributed by atoms with Crippen LogP contribution in [-0.4, -0.2) is 18.8 Å². The average Bonchev–Trinajstić information content (AvgIpc) is 2.53. The molecule has 2 aromatic carbocycles. The minimum atomic E-state index is -3.68. The summed E-state index contributed by atoms with van der Waals surface area (Å²) < 4.78 is 40.5. The number of rotatable bonds is 6. The number of para-hydroxylation sites is 1. The topological polar surface area (TPSA) is 57.6 Å². The third kappa shape index (κ3) is 3.89. The van der Waals surface area contributed by atoms with Crippen molar-refractivity contribution < 1.29 is 17.9 Å². The molecule has 0 atom stereocenters. The van der Waals surface area contributed by atoms with Gasteiger partial charge in [-0.05, 0) is 37.1 Å². The number of hydrogen-bond acceptors (Lipinski definition) is 3. The zero-order chi connectivity index (χ0) is 17.0. The zero-order valence-corrected chi connectivity index (χ0v) is 13.9. The van der Waals surface area contributed by atoms with E-state index in [1.54, 1.807) is 44.2 Å². The van der Waals surface area contributed by atoms with Crippen LogP contribution in [0.15, 0.2) is 48.5 Å². The van der Waals surface area contributed by atoms with Crippen LogP contribution in [0.3, 0.4) is 0 Å². The van der Waals surface area contributed by atoms with E-state index in [1.807, 2.05) is 0 Å². The Balaban J connectivity index is 2.44. The van der Waals surface area contributed by atoms with E-state index in [9.17, 15) is 12.8 Å². The number of anilines is 1. The Bertz CT molecular complexity index is 758. The largest absolute Gasteiger partial charge is 0.392 e. The average molecular weight is 337 g/mol. The van der Waals surface area contributed by atoms with Crippen molar-refractivity contribution in [2.24, 2.45) is 0 Å². The Hall–Kier alpha value is -1.92. The molecule has 6 heteroatoms. The standard InChI is InChI=1S/C17H20FNO3S/c1-13(2)23(21,22)19(17-6-4-3-5-16(17)18)11-14-7-9-15(12-20)10-8-14/h3-10,13,20H,11-12H2,1-2H3. The van der Waals surface area contributed by atoms with Crippen molar-refractivity contribution in [2.45, 2.75) is 32.2 Å². The molecule has 0 amide bonds. The predicted octanol–water partition coefficient (Wildman–Crippen LogP) is 3.06. The molecule has 0 radical (unpaired) electrons. The van der Waals surface area contributed by atoms with Crippen LogP contribution in [0.1, 0.15) is 25.0 Å². The van der Waals surface area contributed by atoms with Crippen molar-refractivity contribution in [3.8, 4) is 0 Å². The van der Waals surface area contributed by atoms with Gasteiger partial charge in [0, 0.05) is 0 Å². The lowest BCUT2D eigenvalue weighted by molar-refractivity contribution is 0.282. The van der Waals surface area contributed by atoms with E-state index >= 15 is 0 Å². The Labute approximate surface area is 136 Å². The highest BCUT2D eigenvalue weighted by molar-refractivity contribution is 7.93. The highest BCUT2D eigenvalue weighted by Gasteiger charge is 2.28. The van der Waals surface area contributed by atoms with Gasteiger partial charge in [-0.2, -0.15) is 0 Å². The number of hydrogen-bond donors (Lipinski definition) is 1. The molecule has 4 nitrogen and oxygen atoms in total. The van der Waals surface area contributed by atoms with Gasteiger partial charge in [-0.25, -0.2) is 12.8 Å². The van der Waals surface area contributed by atoms with Crippen LogP contribution in [0.5, 0.6) is 0 Å². The van der Waals surface area contributed by atoms with E-state index in [2.05, 4.69) is 0 Å².